The smallest absolute Gasteiger partial charge is 0.0252 e. The van der Waals surface area contributed by atoms with Gasteiger partial charge in [0.15, 0.2) is 0 Å². The van der Waals surface area contributed by atoms with Crippen LogP contribution in [0.15, 0.2) is 0 Å². The standard InChI is InChI=1S/C14H28N2/c1-3-12-10-9-11(2)16(12)14-8-6-4-5-7-13(14)15/h11-14H,3-10,15H2,1-2H3. The second kappa shape index (κ2) is 5.50. The van der Waals surface area contributed by atoms with Crippen LogP contribution in [0.5, 0.6) is 0 Å². The molecule has 0 radical (unpaired) electrons. The Bertz CT molecular complexity index is 217. The van der Waals surface area contributed by atoms with Crippen molar-refractivity contribution in [2.75, 3.05) is 0 Å². The van der Waals surface area contributed by atoms with Gasteiger partial charge in [-0.25, -0.2) is 0 Å². The predicted molar refractivity (Wildman–Crippen MR) is 69.5 cm³/mol. The van der Waals surface area contributed by atoms with Crippen molar-refractivity contribution >= 4 is 0 Å². The molecule has 0 aromatic heterocycles. The summed E-state index contributed by atoms with van der Waals surface area (Å²) in [6.07, 6.45) is 10.8. The Hall–Kier alpha value is -0.0800. The van der Waals surface area contributed by atoms with E-state index in [9.17, 15) is 0 Å². The van der Waals surface area contributed by atoms with Crippen LogP contribution in [0.3, 0.4) is 0 Å². The molecule has 2 heteroatoms. The maximum atomic E-state index is 6.40. The zero-order chi connectivity index (χ0) is 11.5. The summed E-state index contributed by atoms with van der Waals surface area (Å²) in [6.45, 7) is 4.73. The van der Waals surface area contributed by atoms with Crippen molar-refractivity contribution in [1.82, 2.24) is 4.90 Å². The quantitative estimate of drug-likeness (QED) is 0.731. The highest BCUT2D eigenvalue weighted by Gasteiger charge is 2.37. The Morgan fingerprint density at radius 1 is 1.06 bits per heavy atom. The van der Waals surface area contributed by atoms with E-state index in [1.165, 1.54) is 51.4 Å². The maximum absolute atomic E-state index is 6.40. The van der Waals surface area contributed by atoms with Crippen LogP contribution < -0.4 is 5.73 Å². The molecule has 2 nitrogen and oxygen atoms in total. The second-order valence-electron chi connectivity index (χ2n) is 5.80. The highest BCUT2D eigenvalue weighted by molar-refractivity contribution is 4.94. The normalized spacial score (nSPS) is 42.2. The number of nitrogens with two attached hydrogens (primary N) is 1. The van der Waals surface area contributed by atoms with Crippen LogP contribution in [0, 0.1) is 0 Å². The molecule has 1 heterocycles. The molecule has 1 saturated heterocycles. The average Bonchev–Trinajstić information content (AvgIpc) is 2.51. The van der Waals surface area contributed by atoms with E-state index in [2.05, 4.69) is 18.7 Å². The van der Waals surface area contributed by atoms with E-state index in [1.807, 2.05) is 0 Å². The van der Waals surface area contributed by atoms with E-state index < -0.39 is 0 Å². The van der Waals surface area contributed by atoms with E-state index in [1.54, 1.807) is 0 Å². The van der Waals surface area contributed by atoms with Gasteiger partial charge in [-0.1, -0.05) is 26.2 Å². The van der Waals surface area contributed by atoms with E-state index >= 15 is 0 Å². The molecule has 0 bridgehead atoms. The van der Waals surface area contributed by atoms with Gasteiger partial charge in [-0.15, -0.1) is 0 Å². The first-order valence-corrected chi connectivity index (χ1v) is 7.27. The summed E-state index contributed by atoms with van der Waals surface area (Å²) in [7, 11) is 0. The molecule has 1 aliphatic heterocycles. The molecular weight excluding hydrogens is 196 g/mol. The van der Waals surface area contributed by atoms with Crippen LogP contribution in [0.25, 0.3) is 0 Å². The first kappa shape index (κ1) is 12.4. The van der Waals surface area contributed by atoms with Crippen LogP contribution >= 0.6 is 0 Å². The topological polar surface area (TPSA) is 29.3 Å². The average molecular weight is 224 g/mol. The number of hydrogen-bond donors (Lipinski definition) is 1. The SMILES string of the molecule is CCC1CCC(C)N1C1CCCCCC1N. The van der Waals surface area contributed by atoms with Gasteiger partial charge in [0, 0.05) is 24.2 Å². The number of likely N-dealkylation sites (tertiary alicyclic amines) is 1. The number of nitrogens with zero attached hydrogens (tertiary/aromatic N) is 1. The molecule has 16 heavy (non-hydrogen) atoms. The first-order valence-electron chi connectivity index (χ1n) is 7.27. The van der Waals surface area contributed by atoms with Gasteiger partial charge in [-0.05, 0) is 39.0 Å². The summed E-state index contributed by atoms with van der Waals surface area (Å²) in [5.41, 5.74) is 6.40. The molecule has 2 aliphatic rings. The van der Waals surface area contributed by atoms with Gasteiger partial charge in [-0.3, -0.25) is 4.90 Å². The van der Waals surface area contributed by atoms with Crippen molar-refractivity contribution in [3.05, 3.63) is 0 Å². The fraction of sp³-hybridized carbons (Fsp3) is 1.00. The maximum Gasteiger partial charge on any atom is 0.0252 e. The summed E-state index contributed by atoms with van der Waals surface area (Å²) >= 11 is 0. The largest absolute Gasteiger partial charge is 0.326 e. The highest BCUT2D eigenvalue weighted by atomic mass is 15.2. The lowest BCUT2D eigenvalue weighted by atomic mass is 10.00. The first-order chi connectivity index (χ1) is 7.74. The fourth-order valence-corrected chi connectivity index (χ4v) is 3.79. The summed E-state index contributed by atoms with van der Waals surface area (Å²) in [4.78, 5) is 2.77. The zero-order valence-corrected chi connectivity index (χ0v) is 11.0. The monoisotopic (exact) mass is 224 g/mol. The molecule has 0 aromatic rings. The summed E-state index contributed by atoms with van der Waals surface area (Å²) in [5.74, 6) is 0. The van der Waals surface area contributed by atoms with Crippen LogP contribution in [0.4, 0.5) is 0 Å². The lowest BCUT2D eigenvalue weighted by Gasteiger charge is -2.38. The molecule has 2 N–H and O–H groups in total. The Balaban J connectivity index is 2.07. The van der Waals surface area contributed by atoms with E-state index in [4.69, 9.17) is 5.73 Å². The molecule has 2 fully saturated rings. The van der Waals surface area contributed by atoms with E-state index in [0.29, 0.717) is 12.1 Å². The Morgan fingerprint density at radius 3 is 2.56 bits per heavy atom. The zero-order valence-electron chi connectivity index (χ0n) is 11.0. The number of rotatable bonds is 2. The van der Waals surface area contributed by atoms with E-state index in [-0.39, 0.29) is 0 Å². The van der Waals surface area contributed by atoms with Crippen LogP contribution in [-0.2, 0) is 0 Å². The van der Waals surface area contributed by atoms with Crippen molar-refractivity contribution in [2.45, 2.75) is 89.4 Å². The Kier molecular flexibility index (Phi) is 4.26. The molecule has 2 rings (SSSR count). The molecule has 0 aromatic carbocycles. The minimum absolute atomic E-state index is 0.428. The van der Waals surface area contributed by atoms with Gasteiger partial charge < -0.3 is 5.73 Å². The van der Waals surface area contributed by atoms with Gasteiger partial charge in [-0.2, -0.15) is 0 Å². The third kappa shape index (κ3) is 2.43. The fourth-order valence-electron chi connectivity index (χ4n) is 3.79. The summed E-state index contributed by atoms with van der Waals surface area (Å²) < 4.78 is 0. The molecule has 4 atom stereocenters. The minimum atomic E-state index is 0.428. The van der Waals surface area contributed by atoms with Crippen molar-refractivity contribution in [3.63, 3.8) is 0 Å². The number of hydrogen-bond acceptors (Lipinski definition) is 2. The lowest BCUT2D eigenvalue weighted by Crippen LogP contribution is -2.51. The molecule has 4 unspecified atom stereocenters. The Labute approximate surface area is 101 Å². The van der Waals surface area contributed by atoms with Gasteiger partial charge in [0.25, 0.3) is 0 Å². The summed E-state index contributed by atoms with van der Waals surface area (Å²) in [6, 6.07) is 2.67. The van der Waals surface area contributed by atoms with Crippen molar-refractivity contribution < 1.29 is 0 Å². The lowest BCUT2D eigenvalue weighted by molar-refractivity contribution is 0.107. The van der Waals surface area contributed by atoms with Crippen molar-refractivity contribution in [1.29, 1.82) is 0 Å². The Morgan fingerprint density at radius 2 is 1.81 bits per heavy atom. The molecular formula is C14H28N2. The van der Waals surface area contributed by atoms with Gasteiger partial charge >= 0.3 is 0 Å². The van der Waals surface area contributed by atoms with Crippen LogP contribution in [0.1, 0.15) is 65.2 Å². The highest BCUT2D eigenvalue weighted by Crippen LogP contribution is 2.33. The third-order valence-electron chi connectivity index (χ3n) is 4.73. The van der Waals surface area contributed by atoms with Crippen molar-refractivity contribution in [2.24, 2.45) is 5.73 Å². The molecule has 0 spiro atoms. The molecule has 0 amide bonds. The second-order valence-corrected chi connectivity index (χ2v) is 5.80. The molecule has 1 aliphatic carbocycles. The van der Waals surface area contributed by atoms with Gasteiger partial charge in [0.1, 0.15) is 0 Å². The van der Waals surface area contributed by atoms with Gasteiger partial charge in [0.2, 0.25) is 0 Å². The van der Waals surface area contributed by atoms with E-state index in [0.717, 1.165) is 12.1 Å². The van der Waals surface area contributed by atoms with Gasteiger partial charge in [0.05, 0.1) is 0 Å². The molecule has 94 valence electrons. The third-order valence-corrected chi connectivity index (χ3v) is 4.73. The molecule has 1 saturated carbocycles. The summed E-state index contributed by atoms with van der Waals surface area (Å²) in [5, 5.41) is 0. The minimum Gasteiger partial charge on any atom is -0.326 e. The van der Waals surface area contributed by atoms with Crippen molar-refractivity contribution in [3.8, 4) is 0 Å². The predicted octanol–water partition coefficient (Wildman–Crippen LogP) is 2.91. The van der Waals surface area contributed by atoms with Crippen LogP contribution in [0.2, 0.25) is 0 Å². The van der Waals surface area contributed by atoms with Crippen LogP contribution in [-0.4, -0.2) is 29.1 Å².